The topological polar surface area (TPSA) is 39.1 Å². The molecule has 0 radical (unpaired) electrons. The summed E-state index contributed by atoms with van der Waals surface area (Å²) >= 11 is 0. The third-order valence-corrected chi connectivity index (χ3v) is 5.05. The number of ether oxygens (including phenoxy) is 1. The van der Waals surface area contributed by atoms with E-state index in [0.29, 0.717) is 12.5 Å². The first-order valence-corrected chi connectivity index (χ1v) is 8.96. The lowest BCUT2D eigenvalue weighted by molar-refractivity contribution is 0.338. The fraction of sp³-hybridized carbons (Fsp3) is 0.526. The van der Waals surface area contributed by atoms with Gasteiger partial charge in [0.25, 0.3) is 0 Å². The van der Waals surface area contributed by atoms with Crippen molar-refractivity contribution in [2.24, 2.45) is 0 Å². The highest BCUT2D eigenvalue weighted by Crippen LogP contribution is 2.41. The van der Waals surface area contributed by atoms with E-state index in [1.54, 1.807) is 0 Å². The number of benzene rings is 1. The van der Waals surface area contributed by atoms with Gasteiger partial charge in [-0.1, -0.05) is 18.6 Å². The standard InChI is InChI=1S/C19H25N3O/c1-2-23-17-12-4-3-11-16(17)22-19-15(10-5-6-13-20-19)18(21-22)14-8-7-9-14/h3-4,11-12,14,20H,2,5-10,13H2,1H3. The summed E-state index contributed by atoms with van der Waals surface area (Å²) in [4.78, 5) is 0. The van der Waals surface area contributed by atoms with E-state index >= 15 is 0 Å². The molecular weight excluding hydrogens is 286 g/mol. The van der Waals surface area contributed by atoms with Crippen LogP contribution in [-0.2, 0) is 6.42 Å². The van der Waals surface area contributed by atoms with Gasteiger partial charge in [0, 0.05) is 18.0 Å². The molecule has 0 bridgehead atoms. The van der Waals surface area contributed by atoms with Crippen LogP contribution in [-0.4, -0.2) is 22.9 Å². The van der Waals surface area contributed by atoms with Gasteiger partial charge in [0.05, 0.1) is 12.3 Å². The van der Waals surface area contributed by atoms with Crippen LogP contribution in [0.2, 0.25) is 0 Å². The Morgan fingerprint density at radius 2 is 2.09 bits per heavy atom. The van der Waals surface area contributed by atoms with Crippen LogP contribution >= 0.6 is 0 Å². The van der Waals surface area contributed by atoms with Crippen molar-refractivity contribution in [2.75, 3.05) is 18.5 Å². The smallest absolute Gasteiger partial charge is 0.145 e. The van der Waals surface area contributed by atoms with E-state index in [1.165, 1.54) is 49.2 Å². The minimum Gasteiger partial charge on any atom is -0.492 e. The quantitative estimate of drug-likeness (QED) is 0.915. The Kier molecular flexibility index (Phi) is 3.98. The molecule has 0 spiro atoms. The predicted molar refractivity (Wildman–Crippen MR) is 92.8 cm³/mol. The van der Waals surface area contributed by atoms with Crippen molar-refractivity contribution in [2.45, 2.75) is 51.4 Å². The molecule has 4 rings (SSSR count). The summed E-state index contributed by atoms with van der Waals surface area (Å²) in [5.74, 6) is 2.76. The van der Waals surface area contributed by atoms with Gasteiger partial charge in [-0.3, -0.25) is 0 Å². The van der Waals surface area contributed by atoms with Crippen molar-refractivity contribution in [3.8, 4) is 11.4 Å². The molecule has 122 valence electrons. The van der Waals surface area contributed by atoms with Crippen LogP contribution in [0.1, 0.15) is 56.2 Å². The number of anilines is 1. The van der Waals surface area contributed by atoms with Gasteiger partial charge >= 0.3 is 0 Å². The minimum absolute atomic E-state index is 0.657. The van der Waals surface area contributed by atoms with E-state index in [-0.39, 0.29) is 0 Å². The summed E-state index contributed by atoms with van der Waals surface area (Å²) in [5.41, 5.74) is 3.82. The largest absolute Gasteiger partial charge is 0.492 e. The normalized spacial score (nSPS) is 17.8. The van der Waals surface area contributed by atoms with Gasteiger partial charge in [-0.05, 0) is 51.2 Å². The van der Waals surface area contributed by atoms with Gasteiger partial charge in [-0.25, -0.2) is 4.68 Å². The third-order valence-electron chi connectivity index (χ3n) is 5.05. The fourth-order valence-corrected chi connectivity index (χ4v) is 3.62. The number of nitrogens with zero attached hydrogens (tertiary/aromatic N) is 2. The zero-order valence-electron chi connectivity index (χ0n) is 13.8. The molecule has 0 amide bonds. The lowest BCUT2D eigenvalue weighted by atomic mass is 9.81. The molecule has 1 N–H and O–H groups in total. The van der Waals surface area contributed by atoms with Gasteiger partial charge in [0.15, 0.2) is 0 Å². The lowest BCUT2D eigenvalue weighted by Gasteiger charge is -2.24. The molecule has 1 aliphatic carbocycles. The number of hydrogen-bond donors (Lipinski definition) is 1. The maximum atomic E-state index is 5.84. The highest BCUT2D eigenvalue weighted by Gasteiger charge is 2.29. The van der Waals surface area contributed by atoms with E-state index in [2.05, 4.69) is 22.1 Å². The first kappa shape index (κ1) is 14.6. The predicted octanol–water partition coefficient (Wildman–Crippen LogP) is 4.29. The van der Waals surface area contributed by atoms with Gasteiger partial charge in [0.1, 0.15) is 17.3 Å². The van der Waals surface area contributed by atoms with Crippen molar-refractivity contribution in [3.05, 3.63) is 35.5 Å². The highest BCUT2D eigenvalue weighted by molar-refractivity contribution is 5.58. The van der Waals surface area contributed by atoms with E-state index in [1.807, 2.05) is 19.1 Å². The van der Waals surface area contributed by atoms with Crippen LogP contribution in [0.5, 0.6) is 5.75 Å². The maximum absolute atomic E-state index is 5.84. The summed E-state index contributed by atoms with van der Waals surface area (Å²) < 4.78 is 7.93. The number of para-hydroxylation sites is 2. The molecule has 1 fully saturated rings. The lowest BCUT2D eigenvalue weighted by Crippen LogP contribution is -2.12. The Hall–Kier alpha value is -1.97. The van der Waals surface area contributed by atoms with Crippen LogP contribution in [0.3, 0.4) is 0 Å². The second-order valence-corrected chi connectivity index (χ2v) is 6.54. The van der Waals surface area contributed by atoms with E-state index < -0.39 is 0 Å². The van der Waals surface area contributed by atoms with Crippen LogP contribution in [0.4, 0.5) is 5.82 Å². The molecule has 0 saturated heterocycles. The number of rotatable bonds is 4. The Labute approximate surface area is 137 Å². The molecule has 2 aliphatic rings. The first-order chi connectivity index (χ1) is 11.4. The molecule has 1 saturated carbocycles. The summed E-state index contributed by atoms with van der Waals surface area (Å²) in [6.45, 7) is 3.72. The molecule has 4 nitrogen and oxygen atoms in total. The van der Waals surface area contributed by atoms with Crippen LogP contribution < -0.4 is 10.1 Å². The van der Waals surface area contributed by atoms with Crippen molar-refractivity contribution >= 4 is 5.82 Å². The van der Waals surface area contributed by atoms with Crippen LogP contribution in [0, 0.1) is 0 Å². The third kappa shape index (κ3) is 2.60. The molecule has 0 atom stereocenters. The number of fused-ring (bicyclic) bond motifs is 1. The van der Waals surface area contributed by atoms with Gasteiger partial charge in [0.2, 0.25) is 0 Å². The number of hydrogen-bond acceptors (Lipinski definition) is 3. The molecule has 23 heavy (non-hydrogen) atoms. The average molecular weight is 311 g/mol. The van der Waals surface area contributed by atoms with Crippen molar-refractivity contribution in [1.82, 2.24) is 9.78 Å². The highest BCUT2D eigenvalue weighted by atomic mass is 16.5. The Morgan fingerprint density at radius 1 is 1.22 bits per heavy atom. The first-order valence-electron chi connectivity index (χ1n) is 8.96. The fourth-order valence-electron chi connectivity index (χ4n) is 3.62. The molecule has 4 heteroatoms. The number of nitrogens with one attached hydrogen (secondary N) is 1. The molecule has 2 heterocycles. The van der Waals surface area contributed by atoms with E-state index in [0.717, 1.165) is 24.4 Å². The molecule has 0 unspecified atom stereocenters. The summed E-state index contributed by atoms with van der Waals surface area (Å²) in [5, 5.41) is 8.67. The van der Waals surface area contributed by atoms with E-state index in [9.17, 15) is 0 Å². The maximum Gasteiger partial charge on any atom is 0.145 e. The summed E-state index contributed by atoms with van der Waals surface area (Å²) in [7, 11) is 0. The molecule has 1 aromatic heterocycles. The van der Waals surface area contributed by atoms with Gasteiger partial charge in [-0.15, -0.1) is 0 Å². The number of aromatic nitrogens is 2. The molecule has 1 aromatic carbocycles. The van der Waals surface area contributed by atoms with Gasteiger partial charge in [-0.2, -0.15) is 5.10 Å². The average Bonchev–Trinajstić information content (AvgIpc) is 2.71. The minimum atomic E-state index is 0.657. The second kappa shape index (κ2) is 6.26. The molecular formula is C19H25N3O. The van der Waals surface area contributed by atoms with E-state index in [4.69, 9.17) is 9.84 Å². The van der Waals surface area contributed by atoms with Crippen molar-refractivity contribution in [1.29, 1.82) is 0 Å². The van der Waals surface area contributed by atoms with Crippen molar-refractivity contribution < 1.29 is 4.74 Å². The molecule has 2 aromatic rings. The molecule has 1 aliphatic heterocycles. The van der Waals surface area contributed by atoms with Crippen molar-refractivity contribution in [3.63, 3.8) is 0 Å². The Morgan fingerprint density at radius 3 is 2.87 bits per heavy atom. The SMILES string of the molecule is CCOc1ccccc1-n1nc(C2CCC2)c2c1NCCCC2. The van der Waals surface area contributed by atoms with Crippen LogP contribution in [0.15, 0.2) is 24.3 Å². The Bertz CT molecular complexity index is 688. The van der Waals surface area contributed by atoms with Gasteiger partial charge < -0.3 is 10.1 Å². The zero-order chi connectivity index (χ0) is 15.6. The monoisotopic (exact) mass is 311 g/mol. The Balaban J connectivity index is 1.83. The second-order valence-electron chi connectivity index (χ2n) is 6.54. The zero-order valence-corrected chi connectivity index (χ0v) is 13.8. The summed E-state index contributed by atoms with van der Waals surface area (Å²) in [6, 6.07) is 8.23. The summed E-state index contributed by atoms with van der Waals surface area (Å²) in [6.07, 6.45) is 7.54. The van der Waals surface area contributed by atoms with Crippen LogP contribution in [0.25, 0.3) is 5.69 Å².